The van der Waals surface area contributed by atoms with E-state index in [0.29, 0.717) is 5.75 Å². The average molecular weight is 259 g/mol. The minimum atomic E-state index is -0.466. The van der Waals surface area contributed by atoms with Crippen molar-refractivity contribution in [1.29, 1.82) is 5.26 Å². The SMILES string of the molecule is COc1ccccc1NC(C#N)c1csc(C)n1. The molecule has 0 fully saturated rings. The van der Waals surface area contributed by atoms with E-state index < -0.39 is 6.04 Å². The minimum absolute atomic E-state index is 0.466. The van der Waals surface area contributed by atoms with Crippen LogP contribution in [-0.2, 0) is 0 Å². The molecule has 5 heteroatoms. The largest absolute Gasteiger partial charge is 0.495 e. The summed E-state index contributed by atoms with van der Waals surface area (Å²) in [4.78, 5) is 4.33. The number of aromatic nitrogens is 1. The first-order valence-electron chi connectivity index (χ1n) is 5.46. The number of nitrogens with one attached hydrogen (secondary N) is 1. The van der Waals surface area contributed by atoms with Gasteiger partial charge in [0.2, 0.25) is 0 Å². The summed E-state index contributed by atoms with van der Waals surface area (Å²) in [6.45, 7) is 1.92. The summed E-state index contributed by atoms with van der Waals surface area (Å²) in [6.07, 6.45) is 0. The maximum atomic E-state index is 9.22. The molecule has 1 atom stereocenters. The van der Waals surface area contributed by atoms with Gasteiger partial charge < -0.3 is 10.1 Å². The summed E-state index contributed by atoms with van der Waals surface area (Å²) in [7, 11) is 1.61. The van der Waals surface area contributed by atoms with Gasteiger partial charge in [-0.1, -0.05) is 12.1 Å². The van der Waals surface area contributed by atoms with E-state index in [1.165, 1.54) is 11.3 Å². The van der Waals surface area contributed by atoms with E-state index in [2.05, 4.69) is 16.4 Å². The zero-order chi connectivity index (χ0) is 13.0. The summed E-state index contributed by atoms with van der Waals surface area (Å²) >= 11 is 1.54. The molecule has 0 radical (unpaired) electrons. The van der Waals surface area contributed by atoms with E-state index in [1.807, 2.05) is 36.6 Å². The number of anilines is 1. The highest BCUT2D eigenvalue weighted by atomic mass is 32.1. The molecule has 18 heavy (non-hydrogen) atoms. The lowest BCUT2D eigenvalue weighted by Gasteiger charge is -2.13. The Morgan fingerprint density at radius 1 is 1.44 bits per heavy atom. The molecule has 0 aliphatic rings. The van der Waals surface area contributed by atoms with Crippen molar-refractivity contribution >= 4 is 17.0 Å². The minimum Gasteiger partial charge on any atom is -0.495 e. The van der Waals surface area contributed by atoms with Gasteiger partial charge in [-0.15, -0.1) is 11.3 Å². The Hall–Kier alpha value is -2.06. The summed E-state index contributed by atoms with van der Waals surface area (Å²) in [5, 5.41) is 15.2. The predicted octanol–water partition coefficient (Wildman–Crippen LogP) is 3.14. The van der Waals surface area contributed by atoms with Crippen molar-refractivity contribution in [1.82, 2.24) is 4.98 Å². The summed E-state index contributed by atoms with van der Waals surface area (Å²) < 4.78 is 5.24. The lowest BCUT2D eigenvalue weighted by atomic mass is 10.2. The first-order chi connectivity index (χ1) is 8.74. The standard InChI is InChI=1S/C13H13N3OS/c1-9-15-12(8-18-9)11(7-14)16-10-5-3-4-6-13(10)17-2/h3-6,8,11,16H,1-2H3. The second-order valence-corrected chi connectivity index (χ2v) is 4.76. The molecule has 4 nitrogen and oxygen atoms in total. The third kappa shape index (κ3) is 2.60. The molecule has 0 saturated heterocycles. The number of nitriles is 1. The molecular weight excluding hydrogens is 246 g/mol. The average Bonchev–Trinajstić information content (AvgIpc) is 2.83. The van der Waals surface area contributed by atoms with Crippen molar-refractivity contribution in [2.75, 3.05) is 12.4 Å². The highest BCUT2D eigenvalue weighted by molar-refractivity contribution is 7.09. The topological polar surface area (TPSA) is 57.9 Å². The zero-order valence-electron chi connectivity index (χ0n) is 10.2. The van der Waals surface area contributed by atoms with Gasteiger partial charge in [-0.25, -0.2) is 4.98 Å². The number of hydrogen-bond acceptors (Lipinski definition) is 5. The van der Waals surface area contributed by atoms with Gasteiger partial charge >= 0.3 is 0 Å². The molecule has 0 amide bonds. The lowest BCUT2D eigenvalue weighted by molar-refractivity contribution is 0.416. The predicted molar refractivity (Wildman–Crippen MR) is 71.8 cm³/mol. The van der Waals surface area contributed by atoms with Crippen LogP contribution in [0.5, 0.6) is 5.75 Å². The van der Waals surface area contributed by atoms with Gasteiger partial charge in [0.25, 0.3) is 0 Å². The fraction of sp³-hybridized carbons (Fsp3) is 0.231. The fourth-order valence-corrected chi connectivity index (χ4v) is 2.24. The van der Waals surface area contributed by atoms with E-state index in [-0.39, 0.29) is 0 Å². The Morgan fingerprint density at radius 2 is 2.22 bits per heavy atom. The van der Waals surface area contributed by atoms with Crippen LogP contribution in [0.2, 0.25) is 0 Å². The van der Waals surface area contributed by atoms with Crippen molar-refractivity contribution in [2.45, 2.75) is 13.0 Å². The summed E-state index contributed by atoms with van der Waals surface area (Å²) in [5.41, 5.74) is 1.53. The summed E-state index contributed by atoms with van der Waals surface area (Å²) in [6, 6.07) is 9.25. The van der Waals surface area contributed by atoms with E-state index >= 15 is 0 Å². The molecule has 1 N–H and O–H groups in total. The number of rotatable bonds is 4. The van der Waals surface area contributed by atoms with Crippen LogP contribution in [0, 0.1) is 18.3 Å². The normalized spacial score (nSPS) is 11.6. The van der Waals surface area contributed by atoms with Gasteiger partial charge in [0, 0.05) is 5.38 Å². The molecule has 1 unspecified atom stereocenters. The van der Waals surface area contributed by atoms with E-state index in [4.69, 9.17) is 4.74 Å². The number of para-hydroxylation sites is 2. The monoisotopic (exact) mass is 259 g/mol. The van der Waals surface area contributed by atoms with E-state index in [0.717, 1.165) is 16.4 Å². The molecule has 0 saturated carbocycles. The van der Waals surface area contributed by atoms with Gasteiger partial charge in [-0.05, 0) is 19.1 Å². The Morgan fingerprint density at radius 3 is 2.83 bits per heavy atom. The number of aryl methyl sites for hydroxylation is 1. The maximum absolute atomic E-state index is 9.22. The van der Waals surface area contributed by atoms with Gasteiger partial charge in [0.15, 0.2) is 6.04 Å². The molecular formula is C13H13N3OS. The number of hydrogen-bond donors (Lipinski definition) is 1. The number of methoxy groups -OCH3 is 1. The number of thiazole rings is 1. The smallest absolute Gasteiger partial charge is 0.158 e. The Balaban J connectivity index is 2.24. The Labute approximate surface area is 110 Å². The van der Waals surface area contributed by atoms with Gasteiger partial charge in [0.1, 0.15) is 5.75 Å². The number of ether oxygens (including phenoxy) is 1. The molecule has 92 valence electrons. The van der Waals surface area contributed by atoms with Crippen molar-refractivity contribution in [3.8, 4) is 11.8 Å². The number of nitrogens with zero attached hydrogens (tertiary/aromatic N) is 2. The van der Waals surface area contributed by atoms with Crippen molar-refractivity contribution < 1.29 is 4.74 Å². The molecule has 1 aromatic carbocycles. The van der Waals surface area contributed by atoms with Crippen LogP contribution in [0.3, 0.4) is 0 Å². The second kappa shape index (κ2) is 5.52. The van der Waals surface area contributed by atoms with Crippen LogP contribution < -0.4 is 10.1 Å². The molecule has 0 bridgehead atoms. The van der Waals surface area contributed by atoms with Crippen LogP contribution in [-0.4, -0.2) is 12.1 Å². The van der Waals surface area contributed by atoms with E-state index in [1.54, 1.807) is 7.11 Å². The van der Waals surface area contributed by atoms with Crippen LogP contribution in [0.4, 0.5) is 5.69 Å². The van der Waals surface area contributed by atoms with Crippen LogP contribution in [0.15, 0.2) is 29.6 Å². The highest BCUT2D eigenvalue weighted by Crippen LogP contribution is 2.27. The fourth-order valence-electron chi connectivity index (χ4n) is 1.60. The Bertz CT molecular complexity index is 574. The molecule has 0 spiro atoms. The van der Waals surface area contributed by atoms with Crippen LogP contribution >= 0.6 is 11.3 Å². The summed E-state index contributed by atoms with van der Waals surface area (Å²) in [5.74, 6) is 0.713. The first kappa shape index (κ1) is 12.4. The maximum Gasteiger partial charge on any atom is 0.158 e. The van der Waals surface area contributed by atoms with Gasteiger partial charge in [-0.3, -0.25) is 0 Å². The van der Waals surface area contributed by atoms with Crippen molar-refractivity contribution in [2.24, 2.45) is 0 Å². The third-order valence-corrected chi connectivity index (χ3v) is 3.26. The lowest BCUT2D eigenvalue weighted by Crippen LogP contribution is -2.09. The van der Waals surface area contributed by atoms with Gasteiger partial charge in [-0.2, -0.15) is 5.26 Å². The van der Waals surface area contributed by atoms with Crippen LogP contribution in [0.1, 0.15) is 16.7 Å². The second-order valence-electron chi connectivity index (χ2n) is 3.70. The van der Waals surface area contributed by atoms with Crippen molar-refractivity contribution in [3.63, 3.8) is 0 Å². The number of benzene rings is 1. The molecule has 2 aromatic rings. The molecule has 0 aliphatic heterocycles. The molecule has 2 rings (SSSR count). The van der Waals surface area contributed by atoms with E-state index in [9.17, 15) is 5.26 Å². The first-order valence-corrected chi connectivity index (χ1v) is 6.33. The quantitative estimate of drug-likeness (QED) is 0.916. The van der Waals surface area contributed by atoms with Crippen LogP contribution in [0.25, 0.3) is 0 Å². The molecule has 1 aromatic heterocycles. The molecule has 0 aliphatic carbocycles. The third-order valence-electron chi connectivity index (χ3n) is 2.47. The Kier molecular flexibility index (Phi) is 3.80. The molecule has 1 heterocycles. The van der Waals surface area contributed by atoms with Gasteiger partial charge in [0.05, 0.1) is 29.6 Å². The zero-order valence-corrected chi connectivity index (χ0v) is 11.0. The van der Waals surface area contributed by atoms with Crippen molar-refractivity contribution in [3.05, 3.63) is 40.3 Å². The highest BCUT2D eigenvalue weighted by Gasteiger charge is 2.15.